The van der Waals surface area contributed by atoms with Crippen LogP contribution in [0.25, 0.3) is 22.5 Å². The first-order valence-corrected chi connectivity index (χ1v) is 13.7. The maximum Gasteiger partial charge on any atom is 0.224 e. The Labute approximate surface area is 235 Å². The third kappa shape index (κ3) is 5.64. The molecule has 1 amide bonds. The molecule has 0 bridgehead atoms. The van der Waals surface area contributed by atoms with Gasteiger partial charge in [0.25, 0.3) is 0 Å². The van der Waals surface area contributed by atoms with Crippen molar-refractivity contribution in [2.45, 2.75) is 53.5 Å². The minimum Gasteiger partial charge on any atom is -0.346 e. The molecular weight excluding hydrogens is 498 g/mol. The highest BCUT2D eigenvalue weighted by Gasteiger charge is 2.38. The van der Waals surface area contributed by atoms with Crippen LogP contribution in [0.4, 0.5) is 11.5 Å². The van der Waals surface area contributed by atoms with Gasteiger partial charge in [-0.25, -0.2) is 9.97 Å². The summed E-state index contributed by atoms with van der Waals surface area (Å²) in [5, 5.41) is 3.01. The summed E-state index contributed by atoms with van der Waals surface area (Å²) in [6.07, 6.45) is 2.62. The Kier molecular flexibility index (Phi) is 7.74. The zero-order chi connectivity index (χ0) is 28.4. The molecule has 2 aromatic carbocycles. The van der Waals surface area contributed by atoms with E-state index < -0.39 is 0 Å². The van der Waals surface area contributed by atoms with Crippen molar-refractivity contribution in [1.29, 1.82) is 0 Å². The Morgan fingerprint density at radius 2 is 1.65 bits per heavy atom. The van der Waals surface area contributed by atoms with E-state index in [4.69, 9.17) is 9.97 Å². The second kappa shape index (κ2) is 11.4. The molecule has 0 aliphatic carbocycles. The van der Waals surface area contributed by atoms with Crippen molar-refractivity contribution >= 4 is 23.2 Å². The summed E-state index contributed by atoms with van der Waals surface area (Å²) in [4.78, 5) is 42.0. The van der Waals surface area contributed by atoms with Gasteiger partial charge in [-0.3, -0.25) is 14.6 Å². The third-order valence-corrected chi connectivity index (χ3v) is 7.64. The number of anilines is 2. The number of nitrogens with zero attached hydrogens (tertiary/aromatic N) is 4. The van der Waals surface area contributed by atoms with Crippen molar-refractivity contribution in [2.75, 3.05) is 16.8 Å². The predicted molar refractivity (Wildman–Crippen MR) is 159 cm³/mol. The zero-order valence-corrected chi connectivity index (χ0v) is 23.7. The highest BCUT2D eigenvalue weighted by Crippen LogP contribution is 2.36. The topological polar surface area (TPSA) is 88.1 Å². The SMILES string of the molecule is CC(=O)[C@@H]1C[C@H](CC(=O)Nc2cnc(-c3ccccc3)c(C)c2)CN1c1nc(C)nc(-c2ccccc2C)c1C. The van der Waals surface area contributed by atoms with Gasteiger partial charge in [-0.15, -0.1) is 0 Å². The molecule has 5 rings (SSSR count). The number of rotatable bonds is 7. The molecule has 2 atom stereocenters. The van der Waals surface area contributed by atoms with Crippen LogP contribution in [0.5, 0.6) is 0 Å². The number of aryl methyl sites for hydroxylation is 3. The van der Waals surface area contributed by atoms with Gasteiger partial charge in [-0.05, 0) is 64.2 Å². The van der Waals surface area contributed by atoms with E-state index in [2.05, 4.69) is 34.3 Å². The van der Waals surface area contributed by atoms with Crippen molar-refractivity contribution in [3.05, 3.63) is 89.4 Å². The molecule has 40 heavy (non-hydrogen) atoms. The van der Waals surface area contributed by atoms with Gasteiger partial charge in [0.2, 0.25) is 5.91 Å². The van der Waals surface area contributed by atoms with E-state index in [1.807, 2.05) is 69.3 Å². The molecule has 204 valence electrons. The lowest BCUT2D eigenvalue weighted by Gasteiger charge is -2.26. The van der Waals surface area contributed by atoms with Crippen LogP contribution < -0.4 is 10.2 Å². The number of hydrogen-bond donors (Lipinski definition) is 1. The van der Waals surface area contributed by atoms with Crippen LogP contribution >= 0.6 is 0 Å². The molecule has 7 nitrogen and oxygen atoms in total. The Balaban J connectivity index is 1.33. The molecule has 1 aliphatic rings. The maximum atomic E-state index is 13.1. The number of nitrogens with one attached hydrogen (secondary N) is 1. The van der Waals surface area contributed by atoms with Crippen LogP contribution in [0.2, 0.25) is 0 Å². The molecule has 1 aliphatic heterocycles. The summed E-state index contributed by atoms with van der Waals surface area (Å²) >= 11 is 0. The normalized spacial score (nSPS) is 16.7. The van der Waals surface area contributed by atoms with E-state index in [0.29, 0.717) is 30.9 Å². The quantitative estimate of drug-likeness (QED) is 0.302. The molecule has 2 aromatic heterocycles. The standard InChI is InChI=1S/C33H35N5O2/c1-20-11-9-10-14-28(20)32-22(3)33(36-24(5)35-32)38-19-25(16-29(38)23(4)39)17-30(40)37-27-15-21(2)31(34-18-27)26-12-7-6-8-13-26/h6-15,18,25,29H,16-17,19H2,1-5H3,(H,37,40)/t25-,29+/m1/s1. The minimum absolute atomic E-state index is 0.0168. The second-order valence-corrected chi connectivity index (χ2v) is 10.8. The van der Waals surface area contributed by atoms with Crippen molar-refractivity contribution in [3.8, 4) is 22.5 Å². The van der Waals surface area contributed by atoms with E-state index >= 15 is 0 Å². The van der Waals surface area contributed by atoms with Crippen molar-refractivity contribution in [1.82, 2.24) is 15.0 Å². The van der Waals surface area contributed by atoms with Gasteiger partial charge in [-0.2, -0.15) is 0 Å². The number of carbonyl (C=O) groups excluding carboxylic acids is 2. The second-order valence-electron chi connectivity index (χ2n) is 10.8. The van der Waals surface area contributed by atoms with Crippen LogP contribution in [0.3, 0.4) is 0 Å². The highest BCUT2D eigenvalue weighted by atomic mass is 16.1. The van der Waals surface area contributed by atoms with Gasteiger partial charge in [0.1, 0.15) is 11.6 Å². The molecule has 1 N–H and O–H groups in total. The Morgan fingerprint density at radius 3 is 2.35 bits per heavy atom. The average Bonchev–Trinajstić information content (AvgIpc) is 3.34. The number of ketones is 1. The van der Waals surface area contributed by atoms with Crippen LogP contribution in [-0.2, 0) is 9.59 Å². The molecule has 1 saturated heterocycles. The monoisotopic (exact) mass is 533 g/mol. The number of carbonyl (C=O) groups is 2. The lowest BCUT2D eigenvalue weighted by Crippen LogP contribution is -2.36. The first-order chi connectivity index (χ1) is 19.2. The molecule has 3 heterocycles. The summed E-state index contributed by atoms with van der Waals surface area (Å²) in [7, 11) is 0. The van der Waals surface area contributed by atoms with Crippen LogP contribution in [-0.4, -0.2) is 39.2 Å². The van der Waals surface area contributed by atoms with Gasteiger partial charge in [0.05, 0.1) is 29.3 Å². The average molecular weight is 534 g/mol. The van der Waals surface area contributed by atoms with Crippen LogP contribution in [0, 0.1) is 33.6 Å². The Morgan fingerprint density at radius 1 is 0.925 bits per heavy atom. The fraction of sp³-hybridized carbons (Fsp3) is 0.303. The maximum absolute atomic E-state index is 13.1. The summed E-state index contributed by atoms with van der Waals surface area (Å²) < 4.78 is 0. The van der Waals surface area contributed by atoms with Gasteiger partial charge in [-0.1, -0.05) is 54.6 Å². The van der Waals surface area contributed by atoms with Gasteiger partial charge < -0.3 is 10.2 Å². The minimum atomic E-state index is -0.329. The van der Waals surface area contributed by atoms with Gasteiger partial charge in [0, 0.05) is 29.7 Å². The van der Waals surface area contributed by atoms with E-state index in [9.17, 15) is 9.59 Å². The highest BCUT2D eigenvalue weighted by molar-refractivity contribution is 5.92. The lowest BCUT2D eigenvalue weighted by atomic mass is 9.99. The zero-order valence-electron chi connectivity index (χ0n) is 23.7. The number of aromatic nitrogens is 3. The molecule has 0 unspecified atom stereocenters. The van der Waals surface area contributed by atoms with Crippen molar-refractivity contribution in [2.24, 2.45) is 5.92 Å². The molecule has 1 fully saturated rings. The number of benzene rings is 2. The molecule has 4 aromatic rings. The Bertz CT molecular complexity index is 1570. The first kappa shape index (κ1) is 27.2. The largest absolute Gasteiger partial charge is 0.346 e. The molecule has 7 heteroatoms. The molecular formula is C33H35N5O2. The van der Waals surface area contributed by atoms with E-state index in [-0.39, 0.29) is 23.7 Å². The summed E-state index contributed by atoms with van der Waals surface area (Å²) in [6, 6.07) is 19.8. The summed E-state index contributed by atoms with van der Waals surface area (Å²) in [5.74, 6) is 1.43. The smallest absolute Gasteiger partial charge is 0.224 e. The predicted octanol–water partition coefficient (Wildman–Crippen LogP) is 6.25. The summed E-state index contributed by atoms with van der Waals surface area (Å²) in [5.41, 5.74) is 7.62. The van der Waals surface area contributed by atoms with Crippen LogP contribution in [0.1, 0.15) is 42.3 Å². The molecule has 0 saturated carbocycles. The fourth-order valence-electron chi connectivity index (χ4n) is 5.70. The summed E-state index contributed by atoms with van der Waals surface area (Å²) in [6.45, 7) is 10.2. The third-order valence-electron chi connectivity index (χ3n) is 7.64. The van der Waals surface area contributed by atoms with Gasteiger partial charge in [0.15, 0.2) is 5.78 Å². The van der Waals surface area contributed by atoms with Gasteiger partial charge >= 0.3 is 0 Å². The number of hydrogen-bond acceptors (Lipinski definition) is 6. The van der Waals surface area contributed by atoms with E-state index in [1.54, 1.807) is 13.1 Å². The van der Waals surface area contributed by atoms with Crippen molar-refractivity contribution in [3.63, 3.8) is 0 Å². The molecule has 0 spiro atoms. The number of Topliss-reactive ketones (excluding diaryl/α,β-unsaturated/α-hetero) is 1. The van der Waals surface area contributed by atoms with Crippen LogP contribution in [0.15, 0.2) is 66.9 Å². The van der Waals surface area contributed by atoms with E-state index in [0.717, 1.165) is 45.0 Å². The Hall–Kier alpha value is -4.39. The molecule has 0 radical (unpaired) electrons. The first-order valence-electron chi connectivity index (χ1n) is 13.7. The number of amides is 1. The van der Waals surface area contributed by atoms with Crippen molar-refractivity contribution < 1.29 is 9.59 Å². The van der Waals surface area contributed by atoms with E-state index in [1.165, 1.54) is 0 Å². The number of pyridine rings is 1. The lowest BCUT2D eigenvalue weighted by molar-refractivity contribution is -0.119. The fourth-order valence-corrected chi connectivity index (χ4v) is 5.70.